The lowest BCUT2D eigenvalue weighted by Gasteiger charge is -2.48. The second kappa shape index (κ2) is 3.69. The summed E-state index contributed by atoms with van der Waals surface area (Å²) in [6.45, 7) is 8.51. The van der Waals surface area contributed by atoms with E-state index in [9.17, 15) is 5.11 Å². The first-order chi connectivity index (χ1) is 8.12. The molecule has 3 fully saturated rings. The molecule has 3 heterocycles. The first kappa shape index (κ1) is 11.0. The Morgan fingerprint density at radius 2 is 1.82 bits per heavy atom. The summed E-state index contributed by atoms with van der Waals surface area (Å²) in [5, 5.41) is 11.1. The molecular weight excluding hydrogens is 210 g/mol. The van der Waals surface area contributed by atoms with Gasteiger partial charge in [0.1, 0.15) is 5.70 Å². The topological polar surface area (TPSA) is 24.7 Å². The van der Waals surface area contributed by atoms with E-state index < -0.39 is 5.60 Å². The van der Waals surface area contributed by atoms with Crippen molar-refractivity contribution in [3.63, 3.8) is 0 Å². The van der Waals surface area contributed by atoms with E-state index in [2.05, 4.69) is 37.8 Å². The third-order valence-electron chi connectivity index (χ3n) is 4.56. The number of aliphatic hydroxyl groups is 1. The molecule has 2 nitrogen and oxygen atoms in total. The molecule has 90 valence electrons. The zero-order valence-corrected chi connectivity index (χ0v) is 10.4. The lowest BCUT2D eigenvalue weighted by molar-refractivity contribution is -0.886. The Kier molecular flexibility index (Phi) is 2.39. The zero-order chi connectivity index (χ0) is 12.0. The quantitative estimate of drug-likeness (QED) is 0.739. The maximum atomic E-state index is 11.1. The van der Waals surface area contributed by atoms with Crippen LogP contribution < -0.4 is 4.90 Å². The van der Waals surface area contributed by atoms with Crippen LogP contribution in [0.5, 0.6) is 0 Å². The fourth-order valence-electron chi connectivity index (χ4n) is 3.42. The molecule has 0 saturated carbocycles. The summed E-state index contributed by atoms with van der Waals surface area (Å²) in [4.78, 5) is 1.38. The van der Waals surface area contributed by atoms with E-state index in [-0.39, 0.29) is 0 Å². The predicted octanol–water partition coefficient (Wildman–Crippen LogP) is 1.00. The number of rotatable bonds is 1. The Hall–Kier alpha value is -1.12. The van der Waals surface area contributed by atoms with Crippen molar-refractivity contribution in [2.75, 3.05) is 13.1 Å². The first-order valence-electron chi connectivity index (χ1n) is 6.46. The molecule has 1 aromatic rings. The molecule has 17 heavy (non-hydrogen) atoms. The lowest BCUT2D eigenvalue weighted by Crippen LogP contribution is -3.15. The summed E-state index contributed by atoms with van der Waals surface area (Å²) in [6, 6.07) is 8.27. The van der Waals surface area contributed by atoms with Crippen LogP contribution >= 0.6 is 0 Å². The van der Waals surface area contributed by atoms with Crippen molar-refractivity contribution in [3.05, 3.63) is 47.7 Å². The molecule has 3 aliphatic rings. The Balaban J connectivity index is 2.05. The average Bonchev–Trinajstić information content (AvgIpc) is 2.36. The van der Waals surface area contributed by atoms with E-state index >= 15 is 0 Å². The van der Waals surface area contributed by atoms with Crippen LogP contribution in [0.15, 0.2) is 36.5 Å². The van der Waals surface area contributed by atoms with E-state index in [0.29, 0.717) is 5.92 Å². The number of hydrogen-bond acceptors (Lipinski definition) is 1. The van der Waals surface area contributed by atoms with Crippen molar-refractivity contribution in [3.8, 4) is 0 Å². The van der Waals surface area contributed by atoms with Gasteiger partial charge in [-0.15, -0.1) is 0 Å². The summed E-state index contributed by atoms with van der Waals surface area (Å²) in [6.07, 6.45) is 2.22. The van der Waals surface area contributed by atoms with Gasteiger partial charge in [0.15, 0.2) is 5.60 Å². The number of piperidine rings is 3. The third kappa shape index (κ3) is 1.48. The third-order valence-corrected chi connectivity index (χ3v) is 4.56. The Morgan fingerprint density at radius 3 is 2.35 bits per heavy atom. The summed E-state index contributed by atoms with van der Waals surface area (Å²) < 4.78 is 0. The molecule has 3 saturated heterocycles. The van der Waals surface area contributed by atoms with Crippen LogP contribution in [0.3, 0.4) is 0 Å². The largest absolute Gasteiger partial charge is 0.375 e. The summed E-state index contributed by atoms with van der Waals surface area (Å²) >= 11 is 0. The average molecular weight is 230 g/mol. The monoisotopic (exact) mass is 230 g/mol. The second-order valence-electron chi connectivity index (χ2n) is 5.49. The number of aryl methyl sites for hydroxylation is 1. The van der Waals surface area contributed by atoms with Crippen molar-refractivity contribution in [2.45, 2.75) is 25.4 Å². The molecule has 2 heteroatoms. The molecule has 1 aromatic carbocycles. The molecule has 0 amide bonds. The summed E-state index contributed by atoms with van der Waals surface area (Å²) in [7, 11) is 0. The molecule has 0 aliphatic carbocycles. The fraction of sp³-hybridized carbons (Fsp3) is 0.467. The Bertz CT molecular complexity index is 442. The molecule has 0 unspecified atom stereocenters. The molecule has 0 radical (unpaired) electrons. The molecule has 0 spiro atoms. The molecule has 0 aromatic heterocycles. The van der Waals surface area contributed by atoms with E-state index in [1.807, 2.05) is 0 Å². The van der Waals surface area contributed by atoms with Gasteiger partial charge in [-0.1, -0.05) is 29.8 Å². The van der Waals surface area contributed by atoms with Crippen molar-refractivity contribution in [1.29, 1.82) is 0 Å². The van der Waals surface area contributed by atoms with Crippen molar-refractivity contribution < 1.29 is 10.0 Å². The van der Waals surface area contributed by atoms with Crippen LogP contribution in [-0.4, -0.2) is 18.2 Å². The SMILES string of the molecule is C=C1[NH+]2CCC(CC2)[C@]1(O)c1ccc(C)cc1. The molecule has 2 bridgehead atoms. The standard InChI is InChI=1S/C15H19NO/c1-11-3-5-13(6-4-11)15(17)12(2)16-9-7-14(15)8-10-16/h3-6,14,17H,2,7-10H2,1H3/p+1/t15-/m1/s1. The molecule has 3 aliphatic heterocycles. The van der Waals surface area contributed by atoms with E-state index in [1.165, 1.54) is 10.5 Å². The maximum Gasteiger partial charge on any atom is 0.166 e. The Labute approximate surface area is 103 Å². The van der Waals surface area contributed by atoms with Gasteiger partial charge in [0.2, 0.25) is 0 Å². The maximum absolute atomic E-state index is 11.1. The normalized spacial score (nSPS) is 36.2. The van der Waals surface area contributed by atoms with Crippen molar-refractivity contribution >= 4 is 0 Å². The van der Waals surface area contributed by atoms with E-state index in [4.69, 9.17) is 0 Å². The van der Waals surface area contributed by atoms with E-state index in [0.717, 1.165) is 37.2 Å². The van der Waals surface area contributed by atoms with E-state index in [1.54, 1.807) is 0 Å². The number of hydrogen-bond donors (Lipinski definition) is 2. The minimum absolute atomic E-state index is 0.357. The van der Waals surface area contributed by atoms with Crippen LogP contribution in [0.4, 0.5) is 0 Å². The predicted molar refractivity (Wildman–Crippen MR) is 67.6 cm³/mol. The highest BCUT2D eigenvalue weighted by Gasteiger charge is 2.53. The number of benzene rings is 1. The van der Waals surface area contributed by atoms with Gasteiger partial charge in [-0.25, -0.2) is 0 Å². The van der Waals surface area contributed by atoms with Gasteiger partial charge < -0.3 is 10.0 Å². The van der Waals surface area contributed by atoms with Crippen LogP contribution in [0.25, 0.3) is 0 Å². The molecule has 4 rings (SSSR count). The number of quaternary nitrogens is 1. The summed E-state index contributed by atoms with van der Waals surface area (Å²) in [5.74, 6) is 0.357. The van der Waals surface area contributed by atoms with Gasteiger partial charge in [-0.3, -0.25) is 0 Å². The highest BCUT2D eigenvalue weighted by molar-refractivity contribution is 5.33. The van der Waals surface area contributed by atoms with Gasteiger partial charge in [0, 0.05) is 18.8 Å². The van der Waals surface area contributed by atoms with Gasteiger partial charge >= 0.3 is 0 Å². The van der Waals surface area contributed by atoms with Crippen molar-refractivity contribution in [1.82, 2.24) is 0 Å². The van der Waals surface area contributed by atoms with Crippen LogP contribution in [0.2, 0.25) is 0 Å². The highest BCUT2D eigenvalue weighted by atomic mass is 16.3. The number of fused-ring (bicyclic) bond motifs is 3. The van der Waals surface area contributed by atoms with Gasteiger partial charge in [0.05, 0.1) is 13.1 Å². The minimum atomic E-state index is -0.792. The lowest BCUT2D eigenvalue weighted by atomic mass is 9.69. The second-order valence-corrected chi connectivity index (χ2v) is 5.49. The molecule has 2 N–H and O–H groups in total. The van der Waals surface area contributed by atoms with Crippen LogP contribution in [0, 0.1) is 12.8 Å². The molecular formula is C15H20NO+. The first-order valence-corrected chi connectivity index (χ1v) is 6.46. The summed E-state index contributed by atoms with van der Waals surface area (Å²) in [5.41, 5.74) is 2.44. The number of nitrogens with one attached hydrogen (secondary N) is 1. The minimum Gasteiger partial charge on any atom is -0.375 e. The van der Waals surface area contributed by atoms with Crippen LogP contribution in [-0.2, 0) is 5.60 Å². The van der Waals surface area contributed by atoms with Gasteiger partial charge in [0.25, 0.3) is 0 Å². The smallest absolute Gasteiger partial charge is 0.166 e. The van der Waals surface area contributed by atoms with Gasteiger partial charge in [-0.2, -0.15) is 0 Å². The Morgan fingerprint density at radius 1 is 1.24 bits per heavy atom. The van der Waals surface area contributed by atoms with Gasteiger partial charge in [-0.05, 0) is 19.1 Å². The highest BCUT2D eigenvalue weighted by Crippen LogP contribution is 2.41. The van der Waals surface area contributed by atoms with Crippen LogP contribution in [0.1, 0.15) is 24.0 Å². The zero-order valence-electron chi connectivity index (χ0n) is 10.4. The molecule has 1 atom stereocenters. The van der Waals surface area contributed by atoms with Crippen molar-refractivity contribution in [2.24, 2.45) is 5.92 Å². The fourth-order valence-corrected chi connectivity index (χ4v) is 3.42.